The van der Waals surface area contributed by atoms with Gasteiger partial charge in [-0.15, -0.1) is 0 Å². The molecule has 1 nitrogen and oxygen atoms in total. The van der Waals surface area contributed by atoms with Gasteiger partial charge >= 0.3 is 0 Å². The van der Waals surface area contributed by atoms with Crippen LogP contribution in [0, 0.1) is 6.20 Å². The highest BCUT2D eigenvalue weighted by Crippen LogP contribution is 2.19. The maximum Gasteiger partial charge on any atom is 0.0622 e. The van der Waals surface area contributed by atoms with Gasteiger partial charge in [-0.2, -0.15) is 0 Å². The molecule has 0 aliphatic rings. The number of benzene rings is 1. The smallest absolute Gasteiger partial charge is 0.0622 e. The number of hydrogen-bond acceptors (Lipinski definition) is 0. The summed E-state index contributed by atoms with van der Waals surface area (Å²) in [5.74, 6) is 0.570. The van der Waals surface area contributed by atoms with Crippen molar-refractivity contribution in [3.8, 4) is 0 Å². The fraction of sp³-hybridized carbons (Fsp3) is 0.231. The highest BCUT2D eigenvalue weighted by molar-refractivity contribution is 5.21. The Morgan fingerprint density at radius 1 is 1.29 bits per heavy atom. The van der Waals surface area contributed by atoms with Gasteiger partial charge in [0.2, 0.25) is 0 Å². The SMILES string of the molecule is CC(Cc1c[c][nH]c1)c1ccccc1. The van der Waals surface area contributed by atoms with Gasteiger partial charge in [-0.05, 0) is 29.5 Å². The third-order valence-electron chi connectivity index (χ3n) is 2.51. The van der Waals surface area contributed by atoms with Crippen molar-refractivity contribution in [3.05, 3.63) is 59.9 Å². The molecular formula is C13H14N. The standard InChI is InChI=1S/C13H14N/c1-11(9-12-7-8-14-10-12)13-5-3-2-4-6-13/h2-7,10-11,14H,9H2,1H3. The number of H-pyrrole nitrogens is 1. The van der Waals surface area contributed by atoms with Gasteiger partial charge in [0, 0.05) is 6.20 Å². The minimum absolute atomic E-state index is 0.570. The van der Waals surface area contributed by atoms with Crippen LogP contribution in [0.1, 0.15) is 24.0 Å². The van der Waals surface area contributed by atoms with Crippen molar-refractivity contribution in [1.82, 2.24) is 4.98 Å². The summed E-state index contributed by atoms with van der Waals surface area (Å²) in [5.41, 5.74) is 2.72. The van der Waals surface area contributed by atoms with E-state index in [9.17, 15) is 0 Å². The van der Waals surface area contributed by atoms with E-state index in [1.165, 1.54) is 11.1 Å². The first kappa shape index (κ1) is 9.07. The molecule has 1 radical (unpaired) electrons. The second-order valence-electron chi connectivity index (χ2n) is 3.67. The molecule has 2 aromatic rings. The average Bonchev–Trinajstić information content (AvgIpc) is 2.72. The molecule has 0 bridgehead atoms. The Labute approximate surface area is 84.8 Å². The second-order valence-corrected chi connectivity index (χ2v) is 3.67. The lowest BCUT2D eigenvalue weighted by Crippen LogP contribution is -1.96. The summed E-state index contributed by atoms with van der Waals surface area (Å²) in [7, 11) is 0. The van der Waals surface area contributed by atoms with E-state index < -0.39 is 0 Å². The van der Waals surface area contributed by atoms with Gasteiger partial charge in [-0.3, -0.25) is 0 Å². The third-order valence-corrected chi connectivity index (χ3v) is 2.51. The number of hydrogen-bond donors (Lipinski definition) is 1. The molecule has 1 atom stereocenters. The van der Waals surface area contributed by atoms with Crippen LogP contribution in [0.3, 0.4) is 0 Å². The van der Waals surface area contributed by atoms with E-state index in [1.807, 2.05) is 12.3 Å². The fourth-order valence-electron chi connectivity index (χ4n) is 1.68. The molecular weight excluding hydrogens is 170 g/mol. The second kappa shape index (κ2) is 4.14. The van der Waals surface area contributed by atoms with Crippen LogP contribution in [-0.4, -0.2) is 4.98 Å². The average molecular weight is 184 g/mol. The molecule has 0 aliphatic heterocycles. The Morgan fingerprint density at radius 2 is 2.07 bits per heavy atom. The molecule has 1 N–H and O–H groups in total. The van der Waals surface area contributed by atoms with Crippen LogP contribution in [0.5, 0.6) is 0 Å². The zero-order valence-corrected chi connectivity index (χ0v) is 8.33. The summed E-state index contributed by atoms with van der Waals surface area (Å²) in [6, 6.07) is 12.6. The largest absolute Gasteiger partial charge is 0.360 e. The first-order chi connectivity index (χ1) is 6.86. The molecule has 2 rings (SSSR count). The quantitative estimate of drug-likeness (QED) is 0.754. The number of rotatable bonds is 3. The van der Waals surface area contributed by atoms with Gasteiger partial charge in [0.15, 0.2) is 0 Å². The molecule has 1 heterocycles. The van der Waals surface area contributed by atoms with Crippen LogP contribution in [0.15, 0.2) is 42.6 Å². The lowest BCUT2D eigenvalue weighted by atomic mass is 9.95. The van der Waals surface area contributed by atoms with Gasteiger partial charge in [-0.25, -0.2) is 0 Å². The third kappa shape index (κ3) is 2.05. The molecule has 0 aliphatic carbocycles. The van der Waals surface area contributed by atoms with Gasteiger partial charge in [-0.1, -0.05) is 37.3 Å². The zero-order chi connectivity index (χ0) is 9.80. The van der Waals surface area contributed by atoms with Crippen molar-refractivity contribution in [2.24, 2.45) is 0 Å². The number of nitrogens with one attached hydrogen (secondary N) is 1. The van der Waals surface area contributed by atoms with E-state index >= 15 is 0 Å². The summed E-state index contributed by atoms with van der Waals surface area (Å²) >= 11 is 0. The molecule has 0 spiro atoms. The maximum absolute atomic E-state index is 2.96. The topological polar surface area (TPSA) is 15.8 Å². The van der Waals surface area contributed by atoms with Crippen LogP contribution in [0.25, 0.3) is 0 Å². The molecule has 0 saturated heterocycles. The van der Waals surface area contributed by atoms with Gasteiger partial charge in [0.25, 0.3) is 0 Å². The first-order valence-corrected chi connectivity index (χ1v) is 4.94. The van der Waals surface area contributed by atoms with Crippen molar-refractivity contribution >= 4 is 0 Å². The van der Waals surface area contributed by atoms with Crippen LogP contribution in [0.4, 0.5) is 0 Å². The van der Waals surface area contributed by atoms with Crippen LogP contribution >= 0.6 is 0 Å². The van der Waals surface area contributed by atoms with E-state index in [2.05, 4.69) is 48.4 Å². The van der Waals surface area contributed by atoms with Crippen molar-refractivity contribution in [1.29, 1.82) is 0 Å². The van der Waals surface area contributed by atoms with E-state index in [0.717, 1.165) is 6.42 Å². The van der Waals surface area contributed by atoms with Gasteiger partial charge < -0.3 is 4.98 Å². The predicted octanol–water partition coefficient (Wildman–Crippen LogP) is 3.16. The minimum Gasteiger partial charge on any atom is -0.360 e. The maximum atomic E-state index is 2.96. The lowest BCUT2D eigenvalue weighted by molar-refractivity contribution is 0.760. The van der Waals surface area contributed by atoms with Gasteiger partial charge in [0.05, 0.1) is 6.20 Å². The Bertz CT molecular complexity index is 361. The molecule has 1 unspecified atom stereocenters. The van der Waals surface area contributed by atoms with E-state index in [-0.39, 0.29) is 0 Å². The molecule has 14 heavy (non-hydrogen) atoms. The van der Waals surface area contributed by atoms with Crippen LogP contribution < -0.4 is 0 Å². The lowest BCUT2D eigenvalue weighted by Gasteiger charge is -2.09. The molecule has 1 aromatic heterocycles. The molecule has 1 aromatic carbocycles. The molecule has 1 heteroatoms. The summed E-state index contributed by atoms with van der Waals surface area (Å²) < 4.78 is 0. The molecule has 71 valence electrons. The number of aromatic nitrogens is 1. The van der Waals surface area contributed by atoms with Crippen LogP contribution in [0.2, 0.25) is 0 Å². The summed E-state index contributed by atoms with van der Waals surface area (Å²) in [5, 5.41) is 0. The summed E-state index contributed by atoms with van der Waals surface area (Å²) in [4.78, 5) is 2.96. The summed E-state index contributed by atoms with van der Waals surface area (Å²) in [6.45, 7) is 2.25. The highest BCUT2D eigenvalue weighted by atomic mass is 14.6. The fourth-order valence-corrected chi connectivity index (χ4v) is 1.68. The molecule has 0 amide bonds. The first-order valence-electron chi connectivity index (χ1n) is 4.94. The van der Waals surface area contributed by atoms with Crippen molar-refractivity contribution in [3.63, 3.8) is 0 Å². The van der Waals surface area contributed by atoms with E-state index in [4.69, 9.17) is 0 Å². The Balaban J connectivity index is 2.07. The Hall–Kier alpha value is -1.50. The number of aromatic amines is 1. The van der Waals surface area contributed by atoms with Crippen molar-refractivity contribution in [2.75, 3.05) is 0 Å². The molecule has 0 fully saturated rings. The Kier molecular flexibility index (Phi) is 2.68. The minimum atomic E-state index is 0.570. The van der Waals surface area contributed by atoms with Gasteiger partial charge in [0.1, 0.15) is 0 Å². The molecule has 0 saturated carbocycles. The highest BCUT2D eigenvalue weighted by Gasteiger charge is 2.05. The summed E-state index contributed by atoms with van der Waals surface area (Å²) in [6.07, 6.45) is 6.05. The van der Waals surface area contributed by atoms with Crippen molar-refractivity contribution < 1.29 is 0 Å². The van der Waals surface area contributed by atoms with Crippen molar-refractivity contribution in [2.45, 2.75) is 19.3 Å². The van der Waals surface area contributed by atoms with Crippen LogP contribution in [-0.2, 0) is 6.42 Å². The zero-order valence-electron chi connectivity index (χ0n) is 8.33. The monoisotopic (exact) mass is 184 g/mol. The predicted molar refractivity (Wildman–Crippen MR) is 58.2 cm³/mol. The van der Waals surface area contributed by atoms with E-state index in [0.29, 0.717) is 5.92 Å². The van der Waals surface area contributed by atoms with E-state index in [1.54, 1.807) is 0 Å². The Morgan fingerprint density at radius 3 is 2.71 bits per heavy atom. The normalized spacial score (nSPS) is 12.6.